The number of nitrogens with two attached hydrogens (primary N) is 1. The first-order valence-corrected chi connectivity index (χ1v) is 5.15. The number of halogens is 1. The second kappa shape index (κ2) is 4.10. The van der Waals surface area contributed by atoms with Crippen molar-refractivity contribution in [3.8, 4) is 0 Å². The third-order valence-corrected chi connectivity index (χ3v) is 2.67. The Morgan fingerprint density at radius 1 is 1.25 bits per heavy atom. The van der Waals surface area contributed by atoms with Crippen molar-refractivity contribution in [1.82, 2.24) is 0 Å². The maximum atomic E-state index is 13.5. The van der Waals surface area contributed by atoms with Gasteiger partial charge in [0.05, 0.1) is 12.3 Å². The van der Waals surface area contributed by atoms with Gasteiger partial charge in [0.15, 0.2) is 0 Å². The van der Waals surface area contributed by atoms with Crippen molar-refractivity contribution in [3.05, 3.63) is 58.8 Å². The number of hydrogen-bond donors (Lipinski definition) is 1. The van der Waals surface area contributed by atoms with Crippen LogP contribution in [0, 0.1) is 19.7 Å². The zero-order valence-corrected chi connectivity index (χ0v) is 9.33. The summed E-state index contributed by atoms with van der Waals surface area (Å²) in [6, 6.07) is 6.79. The summed E-state index contributed by atoms with van der Waals surface area (Å²) in [4.78, 5) is 0. The zero-order valence-electron chi connectivity index (χ0n) is 9.33. The fourth-order valence-corrected chi connectivity index (χ4v) is 1.79. The second-order valence-corrected chi connectivity index (χ2v) is 3.96. The summed E-state index contributed by atoms with van der Waals surface area (Å²) >= 11 is 0. The lowest BCUT2D eigenvalue weighted by molar-refractivity contribution is 0.489. The molecule has 0 amide bonds. The molecule has 1 atom stereocenters. The molecule has 0 spiro atoms. The number of benzene rings is 1. The first-order chi connectivity index (χ1) is 7.59. The molecule has 2 rings (SSSR count). The van der Waals surface area contributed by atoms with Crippen molar-refractivity contribution < 1.29 is 8.81 Å². The van der Waals surface area contributed by atoms with Crippen molar-refractivity contribution in [2.24, 2.45) is 5.73 Å². The Labute approximate surface area is 93.9 Å². The molecule has 2 aromatic rings. The number of furan rings is 1. The maximum absolute atomic E-state index is 13.5. The maximum Gasteiger partial charge on any atom is 0.129 e. The average molecular weight is 219 g/mol. The van der Waals surface area contributed by atoms with Crippen LogP contribution in [-0.4, -0.2) is 0 Å². The van der Waals surface area contributed by atoms with E-state index in [0.29, 0.717) is 16.9 Å². The third kappa shape index (κ3) is 1.86. The standard InChI is InChI=1S/C13H14FNO/c1-8-6-10(7-9(2)12(8)14)13(15)11-4-3-5-16-11/h3-7,13H,15H2,1-2H3. The zero-order chi connectivity index (χ0) is 11.7. The van der Waals surface area contributed by atoms with Gasteiger partial charge in [0.25, 0.3) is 0 Å². The van der Waals surface area contributed by atoms with E-state index in [0.717, 1.165) is 5.56 Å². The van der Waals surface area contributed by atoms with Crippen LogP contribution in [0.3, 0.4) is 0 Å². The minimum Gasteiger partial charge on any atom is -0.467 e. The summed E-state index contributed by atoms with van der Waals surface area (Å²) in [6.45, 7) is 3.47. The van der Waals surface area contributed by atoms with Crippen LogP contribution in [0.1, 0.15) is 28.5 Å². The van der Waals surface area contributed by atoms with E-state index in [2.05, 4.69) is 0 Å². The molecule has 84 valence electrons. The molecule has 1 unspecified atom stereocenters. The van der Waals surface area contributed by atoms with Gasteiger partial charge in [-0.1, -0.05) is 12.1 Å². The third-order valence-electron chi connectivity index (χ3n) is 2.67. The van der Waals surface area contributed by atoms with Crippen molar-refractivity contribution in [2.45, 2.75) is 19.9 Å². The van der Waals surface area contributed by atoms with E-state index in [-0.39, 0.29) is 11.9 Å². The minimum absolute atomic E-state index is 0.171. The van der Waals surface area contributed by atoms with E-state index in [1.165, 1.54) is 0 Å². The number of aryl methyl sites for hydroxylation is 2. The molecule has 0 saturated carbocycles. The molecule has 1 aromatic carbocycles. The molecule has 0 radical (unpaired) electrons. The summed E-state index contributed by atoms with van der Waals surface area (Å²) in [7, 11) is 0. The fraction of sp³-hybridized carbons (Fsp3) is 0.231. The Morgan fingerprint density at radius 2 is 1.88 bits per heavy atom. The molecular formula is C13H14FNO. The van der Waals surface area contributed by atoms with Crippen LogP contribution < -0.4 is 5.73 Å². The normalized spacial score (nSPS) is 12.8. The summed E-state index contributed by atoms with van der Waals surface area (Å²) in [5.41, 5.74) is 8.12. The second-order valence-electron chi connectivity index (χ2n) is 3.96. The summed E-state index contributed by atoms with van der Waals surface area (Å²) < 4.78 is 18.7. The van der Waals surface area contributed by atoms with E-state index in [4.69, 9.17) is 10.2 Å². The Hall–Kier alpha value is -1.61. The Kier molecular flexibility index (Phi) is 2.79. The highest BCUT2D eigenvalue weighted by Crippen LogP contribution is 2.23. The molecule has 2 nitrogen and oxygen atoms in total. The number of rotatable bonds is 2. The molecule has 1 heterocycles. The molecule has 16 heavy (non-hydrogen) atoms. The van der Waals surface area contributed by atoms with Gasteiger partial charge in [0, 0.05) is 0 Å². The molecule has 0 aliphatic heterocycles. The fourth-order valence-electron chi connectivity index (χ4n) is 1.79. The van der Waals surface area contributed by atoms with Crippen LogP contribution in [0.25, 0.3) is 0 Å². The van der Waals surface area contributed by atoms with Gasteiger partial charge < -0.3 is 10.2 Å². The summed E-state index contributed by atoms with van der Waals surface area (Å²) in [6.07, 6.45) is 1.58. The van der Waals surface area contributed by atoms with Crippen LogP contribution in [0.15, 0.2) is 34.9 Å². The Bertz CT molecular complexity index is 468. The van der Waals surface area contributed by atoms with E-state index < -0.39 is 0 Å². The molecule has 0 fully saturated rings. The first kappa shape index (κ1) is 10.9. The quantitative estimate of drug-likeness (QED) is 0.843. The Balaban J connectivity index is 2.42. The van der Waals surface area contributed by atoms with Crippen LogP contribution in [0.5, 0.6) is 0 Å². The lowest BCUT2D eigenvalue weighted by Gasteiger charge is -2.12. The van der Waals surface area contributed by atoms with Gasteiger partial charge in [-0.2, -0.15) is 0 Å². The van der Waals surface area contributed by atoms with E-state index >= 15 is 0 Å². The molecule has 3 heteroatoms. The molecule has 1 aromatic heterocycles. The average Bonchev–Trinajstić information content (AvgIpc) is 2.77. The first-order valence-electron chi connectivity index (χ1n) is 5.15. The van der Waals surface area contributed by atoms with Crippen LogP contribution in [-0.2, 0) is 0 Å². The predicted octanol–water partition coefficient (Wildman–Crippen LogP) is 3.08. The van der Waals surface area contributed by atoms with E-state index in [1.54, 1.807) is 38.3 Å². The highest BCUT2D eigenvalue weighted by atomic mass is 19.1. The van der Waals surface area contributed by atoms with Gasteiger partial charge >= 0.3 is 0 Å². The van der Waals surface area contributed by atoms with Gasteiger partial charge in [-0.3, -0.25) is 0 Å². The van der Waals surface area contributed by atoms with Gasteiger partial charge in [-0.25, -0.2) is 4.39 Å². The topological polar surface area (TPSA) is 39.2 Å². The molecule has 0 bridgehead atoms. The van der Waals surface area contributed by atoms with Gasteiger partial charge in [-0.15, -0.1) is 0 Å². The molecule has 0 aliphatic rings. The molecule has 0 aliphatic carbocycles. The van der Waals surface area contributed by atoms with Crippen LogP contribution >= 0.6 is 0 Å². The van der Waals surface area contributed by atoms with Gasteiger partial charge in [0.2, 0.25) is 0 Å². The van der Waals surface area contributed by atoms with Crippen molar-refractivity contribution in [2.75, 3.05) is 0 Å². The Morgan fingerprint density at radius 3 is 2.38 bits per heavy atom. The van der Waals surface area contributed by atoms with Crippen molar-refractivity contribution >= 4 is 0 Å². The number of hydrogen-bond acceptors (Lipinski definition) is 2. The molecule has 2 N–H and O–H groups in total. The smallest absolute Gasteiger partial charge is 0.129 e. The minimum atomic E-state index is -0.340. The van der Waals surface area contributed by atoms with Gasteiger partial charge in [-0.05, 0) is 42.7 Å². The highest BCUT2D eigenvalue weighted by Gasteiger charge is 2.14. The molecular weight excluding hydrogens is 205 g/mol. The summed E-state index contributed by atoms with van der Waals surface area (Å²) in [5, 5.41) is 0. The van der Waals surface area contributed by atoms with E-state index in [1.807, 2.05) is 6.07 Å². The lowest BCUT2D eigenvalue weighted by Crippen LogP contribution is -2.11. The van der Waals surface area contributed by atoms with Crippen molar-refractivity contribution in [3.63, 3.8) is 0 Å². The van der Waals surface area contributed by atoms with Crippen molar-refractivity contribution in [1.29, 1.82) is 0 Å². The van der Waals surface area contributed by atoms with Gasteiger partial charge in [0.1, 0.15) is 11.6 Å². The lowest BCUT2D eigenvalue weighted by atomic mass is 10.00. The van der Waals surface area contributed by atoms with Crippen LogP contribution in [0.2, 0.25) is 0 Å². The summed E-state index contributed by atoms with van der Waals surface area (Å²) in [5.74, 6) is 0.515. The predicted molar refractivity (Wildman–Crippen MR) is 60.6 cm³/mol. The monoisotopic (exact) mass is 219 g/mol. The van der Waals surface area contributed by atoms with Crippen LogP contribution in [0.4, 0.5) is 4.39 Å². The largest absolute Gasteiger partial charge is 0.467 e. The highest BCUT2D eigenvalue weighted by molar-refractivity contribution is 5.35. The van der Waals surface area contributed by atoms with E-state index in [9.17, 15) is 4.39 Å². The SMILES string of the molecule is Cc1cc(C(N)c2ccco2)cc(C)c1F. The molecule has 0 saturated heterocycles.